The monoisotopic (exact) mass is 456 g/mol. The molecule has 0 aromatic heterocycles. The number of carbonyl (C=O) groups is 1. The largest absolute Gasteiger partial charge is 0.497 e. The minimum atomic E-state index is -4.03. The number of methoxy groups -OCH3 is 1. The van der Waals surface area contributed by atoms with E-state index in [-0.39, 0.29) is 24.0 Å². The van der Waals surface area contributed by atoms with Crippen LogP contribution in [-0.4, -0.2) is 32.3 Å². The Hall–Kier alpha value is -3.23. The van der Waals surface area contributed by atoms with Crippen molar-refractivity contribution in [3.05, 3.63) is 95.8 Å². The molecule has 0 saturated heterocycles. The summed E-state index contributed by atoms with van der Waals surface area (Å²) < 4.78 is 46.0. The minimum absolute atomic E-state index is 0.00485. The van der Waals surface area contributed by atoms with Gasteiger partial charge in [-0.3, -0.25) is 4.79 Å². The molecule has 0 bridgehead atoms. The maximum atomic E-state index is 13.3. The highest BCUT2D eigenvalue weighted by molar-refractivity contribution is 7.89. The predicted octanol–water partition coefficient (Wildman–Crippen LogP) is 3.90. The maximum Gasteiger partial charge on any atom is 0.243 e. The van der Waals surface area contributed by atoms with Crippen LogP contribution >= 0.6 is 0 Å². The first-order valence-electron chi connectivity index (χ1n) is 10.0. The summed E-state index contributed by atoms with van der Waals surface area (Å²) in [5, 5.41) is 2.84. The number of amides is 1. The highest BCUT2D eigenvalue weighted by atomic mass is 32.2. The van der Waals surface area contributed by atoms with E-state index in [1.165, 1.54) is 12.1 Å². The Morgan fingerprint density at radius 1 is 1.00 bits per heavy atom. The molecule has 3 aromatic carbocycles. The Balaban J connectivity index is 1.79. The topological polar surface area (TPSA) is 75.7 Å². The summed E-state index contributed by atoms with van der Waals surface area (Å²) >= 11 is 0. The Morgan fingerprint density at radius 2 is 1.62 bits per heavy atom. The molecule has 6 nitrogen and oxygen atoms in total. The Morgan fingerprint density at radius 3 is 2.22 bits per heavy atom. The number of ether oxygens (including phenoxy) is 1. The van der Waals surface area contributed by atoms with Crippen molar-refractivity contribution in [1.29, 1.82) is 0 Å². The van der Waals surface area contributed by atoms with Crippen LogP contribution in [0.3, 0.4) is 0 Å². The lowest BCUT2D eigenvalue weighted by molar-refractivity contribution is -0.122. The highest BCUT2D eigenvalue weighted by Gasteiger charge is 2.27. The molecule has 1 amide bonds. The van der Waals surface area contributed by atoms with E-state index in [1.54, 1.807) is 43.5 Å². The summed E-state index contributed by atoms with van der Waals surface area (Å²) in [4.78, 5) is 12.7. The standard InChI is InChI=1S/C24H25FN2O4S/c1-18(20-8-12-22(31-2)13-9-20)26-24(28)17-27(16-19-6-4-3-5-7-19)32(29,30)23-14-10-21(25)11-15-23/h3-15,18H,16-17H2,1-2H3,(H,26,28)/t18-/m1/s1. The maximum absolute atomic E-state index is 13.3. The molecule has 32 heavy (non-hydrogen) atoms. The van der Waals surface area contributed by atoms with Gasteiger partial charge in [0.15, 0.2) is 0 Å². The summed E-state index contributed by atoms with van der Waals surface area (Å²) in [7, 11) is -2.46. The van der Waals surface area contributed by atoms with Gasteiger partial charge in [-0.25, -0.2) is 12.8 Å². The molecule has 0 aliphatic heterocycles. The van der Waals surface area contributed by atoms with Crippen LogP contribution in [0.1, 0.15) is 24.1 Å². The number of carbonyl (C=O) groups excluding carboxylic acids is 1. The van der Waals surface area contributed by atoms with Gasteiger partial charge in [-0.15, -0.1) is 0 Å². The second-order valence-electron chi connectivity index (χ2n) is 7.27. The molecule has 3 rings (SSSR count). The molecule has 3 aromatic rings. The van der Waals surface area contributed by atoms with Crippen molar-refractivity contribution in [2.24, 2.45) is 0 Å². The lowest BCUT2D eigenvalue weighted by atomic mass is 10.1. The number of benzene rings is 3. The zero-order valence-corrected chi connectivity index (χ0v) is 18.7. The van der Waals surface area contributed by atoms with Crippen LogP contribution in [0, 0.1) is 5.82 Å². The number of hydrogen-bond donors (Lipinski definition) is 1. The molecule has 168 valence electrons. The van der Waals surface area contributed by atoms with Crippen molar-refractivity contribution < 1.29 is 22.3 Å². The average Bonchev–Trinajstić information content (AvgIpc) is 2.79. The first kappa shape index (κ1) is 23.4. The second-order valence-corrected chi connectivity index (χ2v) is 9.21. The van der Waals surface area contributed by atoms with Crippen LogP contribution in [0.4, 0.5) is 4.39 Å². The number of hydrogen-bond acceptors (Lipinski definition) is 4. The minimum Gasteiger partial charge on any atom is -0.497 e. The van der Waals surface area contributed by atoms with Crippen molar-refractivity contribution in [1.82, 2.24) is 9.62 Å². The van der Waals surface area contributed by atoms with E-state index in [2.05, 4.69) is 5.32 Å². The van der Waals surface area contributed by atoms with Crippen LogP contribution in [0.2, 0.25) is 0 Å². The summed E-state index contributed by atoms with van der Waals surface area (Å²) in [5.41, 5.74) is 1.59. The summed E-state index contributed by atoms with van der Waals surface area (Å²) in [6.45, 7) is 1.44. The normalized spacial score (nSPS) is 12.4. The van der Waals surface area contributed by atoms with Crippen molar-refractivity contribution in [2.45, 2.75) is 24.4 Å². The van der Waals surface area contributed by atoms with E-state index >= 15 is 0 Å². The summed E-state index contributed by atoms with van der Waals surface area (Å²) in [5.74, 6) is -0.286. The van der Waals surface area contributed by atoms with Crippen molar-refractivity contribution in [3.8, 4) is 5.75 Å². The van der Waals surface area contributed by atoms with Crippen LogP contribution in [0.5, 0.6) is 5.75 Å². The van der Waals surface area contributed by atoms with Gasteiger partial charge in [-0.2, -0.15) is 4.31 Å². The molecule has 0 spiro atoms. The van der Waals surface area contributed by atoms with Gasteiger partial charge < -0.3 is 10.1 Å². The van der Waals surface area contributed by atoms with Gasteiger partial charge in [0.1, 0.15) is 11.6 Å². The van der Waals surface area contributed by atoms with Gasteiger partial charge in [0.05, 0.1) is 24.6 Å². The van der Waals surface area contributed by atoms with E-state index in [1.807, 2.05) is 25.1 Å². The Labute approximate surface area is 187 Å². The second kappa shape index (κ2) is 10.4. The fourth-order valence-electron chi connectivity index (χ4n) is 3.19. The molecule has 0 saturated carbocycles. The fourth-order valence-corrected chi connectivity index (χ4v) is 4.58. The zero-order chi connectivity index (χ0) is 23.1. The van der Waals surface area contributed by atoms with Crippen LogP contribution in [0.15, 0.2) is 83.8 Å². The lowest BCUT2D eigenvalue weighted by Gasteiger charge is -2.23. The molecule has 8 heteroatoms. The van der Waals surface area contributed by atoms with Crippen LogP contribution in [0.25, 0.3) is 0 Å². The molecule has 0 fully saturated rings. The van der Waals surface area contributed by atoms with E-state index in [0.29, 0.717) is 5.75 Å². The first-order chi connectivity index (χ1) is 15.3. The number of rotatable bonds is 9. The van der Waals surface area contributed by atoms with E-state index < -0.39 is 21.7 Å². The number of nitrogens with zero attached hydrogens (tertiary/aromatic N) is 1. The van der Waals surface area contributed by atoms with Gasteiger partial charge in [0.2, 0.25) is 15.9 Å². The quantitative estimate of drug-likeness (QED) is 0.530. The SMILES string of the molecule is COc1ccc([C@@H](C)NC(=O)CN(Cc2ccccc2)S(=O)(=O)c2ccc(F)cc2)cc1. The molecule has 0 aliphatic carbocycles. The highest BCUT2D eigenvalue weighted by Crippen LogP contribution is 2.20. The third kappa shape index (κ3) is 5.93. The van der Waals surface area contributed by atoms with Gasteiger partial charge in [-0.05, 0) is 54.4 Å². The number of nitrogens with one attached hydrogen (secondary N) is 1. The first-order valence-corrected chi connectivity index (χ1v) is 11.5. The van der Waals surface area contributed by atoms with Crippen molar-refractivity contribution in [3.63, 3.8) is 0 Å². The molecular weight excluding hydrogens is 431 g/mol. The van der Waals surface area contributed by atoms with E-state index in [9.17, 15) is 17.6 Å². The van der Waals surface area contributed by atoms with Gasteiger partial charge in [0.25, 0.3) is 0 Å². The third-order valence-electron chi connectivity index (χ3n) is 4.97. The Bertz CT molecular complexity index is 1130. The lowest BCUT2D eigenvalue weighted by Crippen LogP contribution is -2.41. The van der Waals surface area contributed by atoms with Gasteiger partial charge >= 0.3 is 0 Å². The van der Waals surface area contributed by atoms with Gasteiger partial charge in [-0.1, -0.05) is 42.5 Å². The molecule has 0 radical (unpaired) electrons. The molecular formula is C24H25FN2O4S. The van der Waals surface area contributed by atoms with E-state index in [0.717, 1.165) is 27.6 Å². The van der Waals surface area contributed by atoms with E-state index in [4.69, 9.17) is 4.74 Å². The Kier molecular flexibility index (Phi) is 7.61. The number of halogens is 1. The zero-order valence-electron chi connectivity index (χ0n) is 17.9. The van der Waals surface area contributed by atoms with Crippen LogP contribution in [-0.2, 0) is 21.4 Å². The molecule has 0 heterocycles. The fraction of sp³-hybridized carbons (Fsp3) is 0.208. The molecule has 0 aliphatic rings. The molecule has 0 unspecified atom stereocenters. The van der Waals surface area contributed by atoms with Crippen LogP contribution < -0.4 is 10.1 Å². The summed E-state index contributed by atoms with van der Waals surface area (Å²) in [6, 6.07) is 20.5. The molecule has 1 atom stereocenters. The van der Waals surface area contributed by atoms with Crippen molar-refractivity contribution >= 4 is 15.9 Å². The number of sulfonamides is 1. The average molecular weight is 457 g/mol. The summed E-state index contributed by atoms with van der Waals surface area (Å²) in [6.07, 6.45) is 0. The predicted molar refractivity (Wildman–Crippen MR) is 120 cm³/mol. The van der Waals surface area contributed by atoms with Crippen molar-refractivity contribution in [2.75, 3.05) is 13.7 Å². The molecule has 1 N–H and O–H groups in total. The smallest absolute Gasteiger partial charge is 0.243 e. The van der Waals surface area contributed by atoms with Gasteiger partial charge in [0, 0.05) is 6.54 Å². The third-order valence-corrected chi connectivity index (χ3v) is 6.77.